The zero-order valence-electron chi connectivity index (χ0n) is 30.5. The predicted octanol–water partition coefficient (Wildman–Crippen LogP) is 7.26. The molecule has 2 aliphatic heterocycles. The maximum absolute atomic E-state index is 6.78. The second-order valence-electron chi connectivity index (χ2n) is 14.9. The van der Waals surface area contributed by atoms with Crippen LogP contribution in [-0.2, 0) is 28.9 Å². The van der Waals surface area contributed by atoms with Gasteiger partial charge in [0.1, 0.15) is 35.4 Å². The summed E-state index contributed by atoms with van der Waals surface area (Å²) in [5, 5.41) is 3.90. The summed E-state index contributed by atoms with van der Waals surface area (Å²) in [5.74, 6) is 1.32. The van der Waals surface area contributed by atoms with E-state index in [-0.39, 0.29) is 5.04 Å². The van der Waals surface area contributed by atoms with Crippen LogP contribution in [0.1, 0.15) is 50.6 Å². The van der Waals surface area contributed by atoms with Crippen LogP contribution in [0, 0.1) is 0 Å². The van der Waals surface area contributed by atoms with Crippen LogP contribution < -0.4 is 10.1 Å². The van der Waals surface area contributed by atoms with Gasteiger partial charge in [0.05, 0.1) is 20.0 Å². The molecule has 0 amide bonds. The minimum atomic E-state index is -2.08. The third-order valence-electron chi connectivity index (χ3n) is 10.8. The highest BCUT2D eigenvalue weighted by Crippen LogP contribution is 2.50. The van der Waals surface area contributed by atoms with Gasteiger partial charge in [0.15, 0.2) is 31.5 Å². The van der Waals surface area contributed by atoms with Crippen LogP contribution in [0.15, 0.2) is 97.6 Å². The van der Waals surface area contributed by atoms with Crippen LogP contribution in [0.2, 0.25) is 18.1 Å². The van der Waals surface area contributed by atoms with Gasteiger partial charge < -0.3 is 33.4 Å². The third-order valence-corrected chi connectivity index (χ3v) is 15.3. The van der Waals surface area contributed by atoms with Gasteiger partial charge in [-0.2, -0.15) is 0 Å². The molecule has 4 heterocycles. The van der Waals surface area contributed by atoms with Crippen molar-refractivity contribution in [3.8, 4) is 5.75 Å². The Bertz CT molecular complexity index is 1910. The third kappa shape index (κ3) is 6.13. The van der Waals surface area contributed by atoms with E-state index >= 15 is 0 Å². The van der Waals surface area contributed by atoms with Gasteiger partial charge in [-0.15, -0.1) is 0 Å². The van der Waals surface area contributed by atoms with Crippen molar-refractivity contribution in [2.24, 2.45) is 0 Å². The molecule has 1 unspecified atom stereocenters. The molecule has 0 spiro atoms. The molecule has 2 aliphatic rings. The average molecular weight is 710 g/mol. The van der Waals surface area contributed by atoms with E-state index in [2.05, 4.69) is 75.6 Å². The molecular formula is C39H47N5O6Si. The van der Waals surface area contributed by atoms with E-state index in [1.165, 1.54) is 0 Å². The smallest absolute Gasteiger partial charge is 0.272 e. The number of rotatable bonds is 11. The Hall–Kier alpha value is -4.17. The van der Waals surface area contributed by atoms with Crippen LogP contribution in [0.3, 0.4) is 0 Å². The van der Waals surface area contributed by atoms with Crippen LogP contribution >= 0.6 is 0 Å². The summed E-state index contributed by atoms with van der Waals surface area (Å²) in [4.78, 5) is 14.4. The molecule has 5 atom stereocenters. The Morgan fingerprint density at radius 2 is 1.47 bits per heavy atom. The monoisotopic (exact) mass is 709 g/mol. The number of anilines is 1. The molecule has 51 heavy (non-hydrogen) atoms. The van der Waals surface area contributed by atoms with E-state index in [4.69, 9.17) is 43.1 Å². The lowest BCUT2D eigenvalue weighted by Gasteiger charge is -2.37. The number of fused-ring (bicyclic) bond motifs is 2. The lowest BCUT2D eigenvalue weighted by Crippen LogP contribution is -2.46. The van der Waals surface area contributed by atoms with Crippen LogP contribution in [0.5, 0.6) is 5.75 Å². The van der Waals surface area contributed by atoms with Crippen molar-refractivity contribution in [1.82, 2.24) is 19.5 Å². The van der Waals surface area contributed by atoms with Gasteiger partial charge in [-0.3, -0.25) is 4.57 Å². The molecule has 0 radical (unpaired) electrons. The van der Waals surface area contributed by atoms with Crippen molar-refractivity contribution in [2.75, 3.05) is 26.1 Å². The fraction of sp³-hybridized carbons (Fsp3) is 0.410. The number of nitrogens with one attached hydrogen (secondary N) is 1. The number of hydrogen-bond acceptors (Lipinski definition) is 10. The van der Waals surface area contributed by atoms with Crippen molar-refractivity contribution in [2.45, 2.75) is 81.9 Å². The maximum Gasteiger partial charge on any atom is 0.272 e. The molecule has 2 aromatic heterocycles. The Balaban J connectivity index is 1.31. The standard InChI is InChI=1S/C39H47N5O6Si/c1-37(2,3)51(7,8)47-23-30-32-38(4,50-36(46-6)49-32)35(48-30)44-25-42-31-33(40-24-41-34(31)44)43-39(26-15-11-9-12-16-26,27-17-13-10-14-18-27)28-19-21-29(45-5)22-20-28/h9-22,24-25,30,32,35-36H,23H2,1-8H3,(H,40,41,43)/t30-,32-,35-,36?,38-/m1/s1. The Morgan fingerprint density at radius 3 is 2.06 bits per heavy atom. The number of ether oxygens (including phenoxy) is 5. The first kappa shape index (κ1) is 35.2. The Kier molecular flexibility index (Phi) is 9.27. The summed E-state index contributed by atoms with van der Waals surface area (Å²) in [6.07, 6.45) is 1.78. The fourth-order valence-corrected chi connectivity index (χ4v) is 7.90. The zero-order chi connectivity index (χ0) is 36.0. The lowest BCUT2D eigenvalue weighted by atomic mass is 9.77. The van der Waals surface area contributed by atoms with E-state index in [9.17, 15) is 0 Å². The number of aromatic nitrogens is 4. The van der Waals surface area contributed by atoms with Crippen LogP contribution in [0.4, 0.5) is 5.82 Å². The minimum Gasteiger partial charge on any atom is -0.497 e. The number of hydrogen-bond donors (Lipinski definition) is 1. The molecule has 0 saturated carbocycles. The largest absolute Gasteiger partial charge is 0.497 e. The molecule has 0 aliphatic carbocycles. The van der Waals surface area contributed by atoms with E-state index in [1.54, 1.807) is 26.9 Å². The summed E-state index contributed by atoms with van der Waals surface area (Å²) >= 11 is 0. The highest BCUT2D eigenvalue weighted by molar-refractivity contribution is 6.74. The molecule has 7 rings (SSSR count). The van der Waals surface area contributed by atoms with Gasteiger partial charge in [-0.1, -0.05) is 93.6 Å². The lowest BCUT2D eigenvalue weighted by molar-refractivity contribution is -0.268. The molecule has 0 bridgehead atoms. The summed E-state index contributed by atoms with van der Waals surface area (Å²) in [7, 11) is 1.16. The molecule has 5 aromatic rings. The van der Waals surface area contributed by atoms with Crippen molar-refractivity contribution >= 4 is 25.3 Å². The van der Waals surface area contributed by atoms with E-state index < -0.39 is 44.4 Å². The highest BCUT2D eigenvalue weighted by Gasteiger charge is 2.63. The molecule has 2 saturated heterocycles. The summed E-state index contributed by atoms with van der Waals surface area (Å²) < 4.78 is 39.1. The summed E-state index contributed by atoms with van der Waals surface area (Å²) in [5.41, 5.74) is 2.42. The molecule has 268 valence electrons. The van der Waals surface area contributed by atoms with Gasteiger partial charge in [0.2, 0.25) is 0 Å². The second kappa shape index (κ2) is 13.4. The normalized spacial score (nSPS) is 23.8. The number of benzene rings is 3. The molecule has 2 fully saturated rings. The molecule has 11 nitrogen and oxygen atoms in total. The van der Waals surface area contributed by atoms with Gasteiger partial charge in [0, 0.05) is 7.11 Å². The van der Waals surface area contributed by atoms with Gasteiger partial charge in [-0.05, 0) is 53.9 Å². The number of imidazole rings is 1. The summed E-state index contributed by atoms with van der Waals surface area (Å²) in [6, 6.07) is 28.7. The Morgan fingerprint density at radius 1 is 0.843 bits per heavy atom. The minimum absolute atomic E-state index is 0.0395. The fourth-order valence-electron chi connectivity index (χ4n) is 6.89. The van der Waals surface area contributed by atoms with E-state index in [0.717, 1.165) is 22.4 Å². The first-order chi connectivity index (χ1) is 24.4. The molecule has 1 N–H and O–H groups in total. The van der Waals surface area contributed by atoms with Gasteiger partial charge in [0.25, 0.3) is 6.48 Å². The maximum atomic E-state index is 6.78. The van der Waals surface area contributed by atoms with Crippen molar-refractivity contribution in [3.05, 3.63) is 114 Å². The number of methoxy groups -OCH3 is 2. The number of nitrogens with zero attached hydrogens (tertiary/aromatic N) is 4. The molecular weight excluding hydrogens is 663 g/mol. The van der Waals surface area contributed by atoms with Crippen LogP contribution in [-0.4, -0.2) is 72.9 Å². The second-order valence-corrected chi connectivity index (χ2v) is 19.7. The van der Waals surface area contributed by atoms with E-state index in [1.807, 2.05) is 60.0 Å². The zero-order valence-corrected chi connectivity index (χ0v) is 31.5. The highest BCUT2D eigenvalue weighted by atomic mass is 28.4. The molecule has 3 aromatic carbocycles. The van der Waals surface area contributed by atoms with E-state index in [0.29, 0.717) is 23.6 Å². The van der Waals surface area contributed by atoms with Gasteiger partial charge in [-0.25, -0.2) is 15.0 Å². The Labute approximate surface area is 300 Å². The SMILES string of the molecule is COc1ccc(C(Nc2ncnc3c2ncn3[C@@H]2O[C@H](CO[Si](C)(C)C(C)(C)C)[C@H]3OC(OC)O[C@]32C)(c2ccccc2)c2ccccc2)cc1. The summed E-state index contributed by atoms with van der Waals surface area (Å²) in [6.45, 7) is 12.6. The predicted molar refractivity (Wildman–Crippen MR) is 197 cm³/mol. The topological polar surface area (TPSA) is 111 Å². The van der Waals surface area contributed by atoms with Crippen molar-refractivity contribution in [3.63, 3.8) is 0 Å². The average Bonchev–Trinajstić information content (AvgIpc) is 3.80. The van der Waals surface area contributed by atoms with Crippen molar-refractivity contribution in [1.29, 1.82) is 0 Å². The first-order valence-electron chi connectivity index (χ1n) is 17.3. The molecule has 12 heteroatoms. The van der Waals surface area contributed by atoms with Crippen LogP contribution in [0.25, 0.3) is 11.2 Å². The van der Waals surface area contributed by atoms with Crippen molar-refractivity contribution < 1.29 is 28.1 Å². The first-order valence-corrected chi connectivity index (χ1v) is 20.2. The van der Waals surface area contributed by atoms with Gasteiger partial charge >= 0.3 is 0 Å². The quantitative estimate of drug-likeness (QED) is 0.111.